The Morgan fingerprint density at radius 1 is 1.21 bits per heavy atom. The topological polar surface area (TPSA) is 101 Å². The lowest BCUT2D eigenvalue weighted by Crippen LogP contribution is -2.45. The fourth-order valence-corrected chi connectivity index (χ4v) is 2.35. The number of likely N-dealkylation sites (tertiary alicyclic amines) is 1. The molecule has 0 aliphatic carbocycles. The summed E-state index contributed by atoms with van der Waals surface area (Å²) in [6.45, 7) is 0.377. The van der Waals surface area contributed by atoms with Crippen molar-refractivity contribution in [3.8, 4) is 17.2 Å². The Morgan fingerprint density at radius 2 is 1.95 bits per heavy atom. The van der Waals surface area contributed by atoms with Gasteiger partial charge in [-0.05, 0) is 31.4 Å². The maximum Gasteiger partial charge on any atom is 0.258 e. The van der Waals surface area contributed by atoms with Crippen LogP contribution < -0.4 is 0 Å². The molecule has 19 heavy (non-hydrogen) atoms. The first kappa shape index (κ1) is 13.5. The fraction of sp³-hybridized carbons (Fsp3) is 0.462. The molecule has 0 radical (unpaired) electrons. The molecule has 1 aromatic rings. The lowest BCUT2D eigenvalue weighted by molar-refractivity contribution is 0.0499. The standard InChI is InChI=1S/C13H17NO5/c15-7-8-3-1-2-6-14(8)13(19)9-4-5-10(16)12(18)11(9)17/h4-5,8,15-18H,1-3,6-7H2. The van der Waals surface area contributed by atoms with Crippen molar-refractivity contribution < 1.29 is 25.2 Å². The third-order valence-corrected chi connectivity index (χ3v) is 3.46. The lowest BCUT2D eigenvalue weighted by atomic mass is 10.0. The van der Waals surface area contributed by atoms with Crippen LogP contribution in [0.4, 0.5) is 0 Å². The number of aliphatic hydroxyl groups excluding tert-OH is 1. The Morgan fingerprint density at radius 3 is 2.63 bits per heavy atom. The average molecular weight is 267 g/mol. The zero-order chi connectivity index (χ0) is 14.0. The summed E-state index contributed by atoms with van der Waals surface area (Å²) < 4.78 is 0. The van der Waals surface area contributed by atoms with Gasteiger partial charge in [-0.15, -0.1) is 0 Å². The molecule has 1 aliphatic heterocycles. The molecular formula is C13H17NO5. The number of hydrogen-bond donors (Lipinski definition) is 4. The van der Waals surface area contributed by atoms with Crippen molar-refractivity contribution >= 4 is 5.91 Å². The number of rotatable bonds is 2. The second kappa shape index (κ2) is 5.36. The first-order chi connectivity index (χ1) is 9.06. The Bertz CT molecular complexity index is 488. The molecule has 1 aromatic carbocycles. The van der Waals surface area contributed by atoms with Gasteiger partial charge in [0.25, 0.3) is 5.91 Å². The minimum Gasteiger partial charge on any atom is -0.504 e. The number of benzene rings is 1. The largest absolute Gasteiger partial charge is 0.504 e. The van der Waals surface area contributed by atoms with Gasteiger partial charge in [0.2, 0.25) is 5.75 Å². The fourth-order valence-electron chi connectivity index (χ4n) is 2.35. The Labute approximate surface area is 110 Å². The Hall–Kier alpha value is -1.95. The first-order valence-corrected chi connectivity index (χ1v) is 6.22. The number of piperidine rings is 1. The number of nitrogens with zero attached hydrogens (tertiary/aromatic N) is 1. The van der Waals surface area contributed by atoms with Crippen LogP contribution in [0.3, 0.4) is 0 Å². The average Bonchev–Trinajstić information content (AvgIpc) is 2.44. The number of hydrogen-bond acceptors (Lipinski definition) is 5. The summed E-state index contributed by atoms with van der Waals surface area (Å²) in [6.07, 6.45) is 2.50. The maximum atomic E-state index is 12.3. The normalized spacial score (nSPS) is 19.4. The minimum atomic E-state index is -0.705. The van der Waals surface area contributed by atoms with E-state index in [1.54, 1.807) is 0 Å². The van der Waals surface area contributed by atoms with E-state index >= 15 is 0 Å². The maximum absolute atomic E-state index is 12.3. The highest BCUT2D eigenvalue weighted by Crippen LogP contribution is 2.38. The van der Waals surface area contributed by atoms with Gasteiger partial charge < -0.3 is 25.3 Å². The van der Waals surface area contributed by atoms with Crippen molar-refractivity contribution in [2.75, 3.05) is 13.2 Å². The summed E-state index contributed by atoms with van der Waals surface area (Å²) in [6, 6.07) is 2.15. The molecule has 6 nitrogen and oxygen atoms in total. The van der Waals surface area contributed by atoms with E-state index in [1.165, 1.54) is 11.0 Å². The molecule has 4 N–H and O–H groups in total. The van der Waals surface area contributed by atoms with Gasteiger partial charge in [0, 0.05) is 6.54 Å². The number of phenolic OH excluding ortho intramolecular Hbond substituents is 3. The minimum absolute atomic E-state index is 0.0735. The highest BCUT2D eigenvalue weighted by Gasteiger charge is 2.29. The van der Waals surface area contributed by atoms with Crippen LogP contribution in [0.2, 0.25) is 0 Å². The van der Waals surface area contributed by atoms with Crippen molar-refractivity contribution in [2.24, 2.45) is 0 Å². The van der Waals surface area contributed by atoms with Crippen LogP contribution in [-0.4, -0.2) is 50.4 Å². The van der Waals surface area contributed by atoms with Gasteiger partial charge in [-0.1, -0.05) is 0 Å². The zero-order valence-electron chi connectivity index (χ0n) is 10.4. The van der Waals surface area contributed by atoms with Crippen LogP contribution in [0, 0.1) is 0 Å². The quantitative estimate of drug-likeness (QED) is 0.593. The molecule has 1 amide bonds. The van der Waals surface area contributed by atoms with Crippen molar-refractivity contribution in [3.05, 3.63) is 17.7 Å². The summed E-state index contributed by atoms with van der Waals surface area (Å²) in [4.78, 5) is 13.8. The number of aromatic hydroxyl groups is 3. The van der Waals surface area contributed by atoms with E-state index in [1.807, 2.05) is 0 Å². The third kappa shape index (κ3) is 2.44. The predicted molar refractivity (Wildman–Crippen MR) is 67.2 cm³/mol. The highest BCUT2D eigenvalue weighted by atomic mass is 16.3. The molecule has 0 saturated carbocycles. The molecule has 0 aromatic heterocycles. The third-order valence-electron chi connectivity index (χ3n) is 3.46. The number of carbonyl (C=O) groups excluding carboxylic acids is 1. The molecule has 104 valence electrons. The van der Waals surface area contributed by atoms with E-state index in [4.69, 9.17) is 0 Å². The van der Waals surface area contributed by atoms with E-state index in [0.29, 0.717) is 13.0 Å². The molecule has 1 fully saturated rings. The van der Waals surface area contributed by atoms with Gasteiger partial charge in [-0.2, -0.15) is 0 Å². The molecule has 2 rings (SSSR count). The second-order valence-corrected chi connectivity index (χ2v) is 4.66. The summed E-state index contributed by atoms with van der Waals surface area (Å²) in [5.41, 5.74) is -0.0735. The van der Waals surface area contributed by atoms with Gasteiger partial charge in [0.15, 0.2) is 11.5 Å². The van der Waals surface area contributed by atoms with E-state index < -0.39 is 23.2 Å². The predicted octanol–water partition coefficient (Wildman–Crippen LogP) is 0.790. The molecule has 6 heteroatoms. The van der Waals surface area contributed by atoms with Crippen molar-refractivity contribution in [2.45, 2.75) is 25.3 Å². The van der Waals surface area contributed by atoms with Gasteiger partial charge in [-0.3, -0.25) is 4.79 Å². The smallest absolute Gasteiger partial charge is 0.258 e. The SMILES string of the molecule is O=C(c1ccc(O)c(O)c1O)N1CCCCC1CO. The Kier molecular flexibility index (Phi) is 3.80. The lowest BCUT2D eigenvalue weighted by Gasteiger charge is -2.34. The zero-order valence-corrected chi connectivity index (χ0v) is 10.4. The first-order valence-electron chi connectivity index (χ1n) is 6.22. The van der Waals surface area contributed by atoms with Crippen LogP contribution in [0.5, 0.6) is 17.2 Å². The molecular weight excluding hydrogens is 250 g/mol. The van der Waals surface area contributed by atoms with Crippen LogP contribution in [0.1, 0.15) is 29.6 Å². The van der Waals surface area contributed by atoms with E-state index in [-0.39, 0.29) is 18.2 Å². The van der Waals surface area contributed by atoms with Crippen LogP contribution in [-0.2, 0) is 0 Å². The summed E-state index contributed by atoms with van der Waals surface area (Å²) >= 11 is 0. The molecule has 1 heterocycles. The van der Waals surface area contributed by atoms with E-state index in [0.717, 1.165) is 18.9 Å². The van der Waals surface area contributed by atoms with Crippen LogP contribution >= 0.6 is 0 Å². The molecule has 1 atom stereocenters. The van der Waals surface area contributed by atoms with Gasteiger partial charge in [0.05, 0.1) is 18.2 Å². The van der Waals surface area contributed by atoms with Crippen molar-refractivity contribution in [1.29, 1.82) is 0 Å². The van der Waals surface area contributed by atoms with Gasteiger partial charge in [-0.25, -0.2) is 0 Å². The monoisotopic (exact) mass is 267 g/mol. The number of phenols is 3. The van der Waals surface area contributed by atoms with Gasteiger partial charge in [0.1, 0.15) is 0 Å². The molecule has 1 unspecified atom stereocenters. The molecule has 0 spiro atoms. The second-order valence-electron chi connectivity index (χ2n) is 4.66. The van der Waals surface area contributed by atoms with E-state index in [2.05, 4.69) is 0 Å². The number of carbonyl (C=O) groups is 1. The summed E-state index contributed by atoms with van der Waals surface area (Å²) in [7, 11) is 0. The summed E-state index contributed by atoms with van der Waals surface area (Å²) in [5, 5.41) is 37.7. The van der Waals surface area contributed by atoms with Gasteiger partial charge >= 0.3 is 0 Å². The molecule has 1 aliphatic rings. The number of aliphatic hydroxyl groups is 1. The molecule has 0 bridgehead atoms. The Balaban J connectivity index is 2.31. The van der Waals surface area contributed by atoms with Crippen molar-refractivity contribution in [1.82, 2.24) is 4.90 Å². The van der Waals surface area contributed by atoms with Crippen LogP contribution in [0.15, 0.2) is 12.1 Å². The van der Waals surface area contributed by atoms with Crippen LogP contribution in [0.25, 0.3) is 0 Å². The van der Waals surface area contributed by atoms with E-state index in [9.17, 15) is 25.2 Å². The molecule has 1 saturated heterocycles. The number of amides is 1. The van der Waals surface area contributed by atoms with Crippen molar-refractivity contribution in [3.63, 3.8) is 0 Å². The highest BCUT2D eigenvalue weighted by molar-refractivity contribution is 5.98. The summed E-state index contributed by atoms with van der Waals surface area (Å²) in [5.74, 6) is -2.27.